The molecule has 1 aliphatic heterocycles. The van der Waals surface area contributed by atoms with E-state index in [1.165, 1.54) is 11.8 Å². The third-order valence-corrected chi connectivity index (χ3v) is 4.89. The Hall–Kier alpha value is -0.750. The number of benzene rings is 1. The van der Waals surface area contributed by atoms with Crippen LogP contribution in [0.15, 0.2) is 29.2 Å². The molecule has 1 aromatic rings. The Morgan fingerprint density at radius 3 is 2.76 bits per heavy atom. The van der Waals surface area contributed by atoms with E-state index in [1.54, 1.807) is 7.11 Å². The van der Waals surface area contributed by atoms with Crippen molar-refractivity contribution in [1.29, 1.82) is 0 Å². The maximum atomic E-state index is 12.1. The van der Waals surface area contributed by atoms with Gasteiger partial charge in [0.1, 0.15) is 0 Å². The average Bonchev–Trinajstić information content (AvgIpc) is 2.89. The summed E-state index contributed by atoms with van der Waals surface area (Å²) in [4.78, 5) is 15.4. The summed E-state index contributed by atoms with van der Waals surface area (Å²) < 4.78 is 5.45. The maximum absolute atomic E-state index is 12.1. The highest BCUT2D eigenvalue weighted by atomic mass is 35.5. The zero-order valence-corrected chi connectivity index (χ0v) is 13.9. The molecular formula is C15H21ClN2O2S. The van der Waals surface area contributed by atoms with Gasteiger partial charge in [-0.25, -0.2) is 0 Å². The van der Waals surface area contributed by atoms with Crippen LogP contribution in [0.1, 0.15) is 6.92 Å². The second-order valence-electron chi connectivity index (χ2n) is 5.04. The van der Waals surface area contributed by atoms with E-state index in [0.717, 1.165) is 24.5 Å². The lowest BCUT2D eigenvalue weighted by molar-refractivity contribution is -0.119. The number of hydrogen-bond donors (Lipinski definition) is 1. The molecule has 0 spiro atoms. The minimum absolute atomic E-state index is 0.0416. The first-order chi connectivity index (χ1) is 10.1. The van der Waals surface area contributed by atoms with Gasteiger partial charge in [-0.2, -0.15) is 0 Å². The van der Waals surface area contributed by atoms with Gasteiger partial charge in [-0.1, -0.05) is 18.5 Å². The van der Waals surface area contributed by atoms with Gasteiger partial charge < -0.3 is 10.1 Å². The minimum atomic E-state index is 0.0416. The van der Waals surface area contributed by atoms with Gasteiger partial charge in [0.25, 0.3) is 0 Å². The van der Waals surface area contributed by atoms with Crippen molar-refractivity contribution < 1.29 is 9.53 Å². The van der Waals surface area contributed by atoms with Crippen LogP contribution in [-0.4, -0.2) is 55.4 Å². The molecule has 1 aliphatic rings. The molecule has 1 saturated heterocycles. The van der Waals surface area contributed by atoms with Gasteiger partial charge >= 0.3 is 0 Å². The van der Waals surface area contributed by atoms with E-state index in [1.807, 2.05) is 24.3 Å². The first-order valence-corrected chi connectivity index (χ1v) is 8.41. The molecule has 2 atom stereocenters. The molecule has 4 nitrogen and oxygen atoms in total. The van der Waals surface area contributed by atoms with Crippen LogP contribution in [-0.2, 0) is 9.53 Å². The average molecular weight is 329 g/mol. The molecule has 6 heteroatoms. The molecule has 1 heterocycles. The number of thioether (sulfide) groups is 1. The number of nitrogens with zero attached hydrogens (tertiary/aromatic N) is 1. The second-order valence-corrected chi connectivity index (χ2v) is 6.53. The summed E-state index contributed by atoms with van der Waals surface area (Å²) >= 11 is 7.35. The Bertz CT molecular complexity index is 469. The molecule has 0 radical (unpaired) electrons. The van der Waals surface area contributed by atoms with E-state index in [0.29, 0.717) is 10.8 Å². The topological polar surface area (TPSA) is 41.6 Å². The van der Waals surface area contributed by atoms with Gasteiger partial charge in [-0.15, -0.1) is 11.8 Å². The molecule has 2 rings (SSSR count). The van der Waals surface area contributed by atoms with Gasteiger partial charge in [0.05, 0.1) is 17.9 Å². The predicted molar refractivity (Wildman–Crippen MR) is 87.0 cm³/mol. The summed E-state index contributed by atoms with van der Waals surface area (Å²) in [5.41, 5.74) is 0. The number of ether oxygens (including phenoxy) is 1. The van der Waals surface area contributed by atoms with Crippen molar-refractivity contribution in [3.8, 4) is 0 Å². The van der Waals surface area contributed by atoms with Gasteiger partial charge in [-0.05, 0) is 30.8 Å². The number of carbonyl (C=O) groups excluding carboxylic acids is 1. The number of halogens is 1. The van der Waals surface area contributed by atoms with Crippen LogP contribution in [0.2, 0.25) is 5.02 Å². The van der Waals surface area contributed by atoms with E-state index < -0.39 is 0 Å². The highest BCUT2D eigenvalue weighted by Gasteiger charge is 2.32. The van der Waals surface area contributed by atoms with Crippen molar-refractivity contribution >= 4 is 29.3 Å². The van der Waals surface area contributed by atoms with E-state index in [-0.39, 0.29) is 18.1 Å². The lowest BCUT2D eigenvalue weighted by Crippen LogP contribution is -2.44. The zero-order valence-electron chi connectivity index (χ0n) is 12.3. The van der Waals surface area contributed by atoms with E-state index in [4.69, 9.17) is 16.3 Å². The van der Waals surface area contributed by atoms with Gasteiger partial charge in [0, 0.05) is 30.1 Å². The normalized spacial score (nSPS) is 22.4. The van der Waals surface area contributed by atoms with Crippen LogP contribution in [0, 0.1) is 0 Å². The Kier molecular flexibility index (Phi) is 6.36. The molecule has 1 aromatic carbocycles. The number of carbonyl (C=O) groups is 1. The molecular weight excluding hydrogens is 308 g/mol. The maximum Gasteiger partial charge on any atom is 0.230 e. The SMILES string of the molecule is CCN1C[C@H](NC(=O)CSc2ccc(Cl)cc2)[C@@H](OC)C1. The quantitative estimate of drug-likeness (QED) is 0.813. The van der Waals surface area contributed by atoms with Crippen LogP contribution >= 0.6 is 23.4 Å². The van der Waals surface area contributed by atoms with E-state index in [2.05, 4.69) is 17.1 Å². The highest BCUT2D eigenvalue weighted by molar-refractivity contribution is 8.00. The molecule has 0 unspecified atom stereocenters. The smallest absolute Gasteiger partial charge is 0.230 e. The van der Waals surface area contributed by atoms with Crippen molar-refractivity contribution in [3.63, 3.8) is 0 Å². The number of amides is 1. The number of rotatable bonds is 6. The Balaban J connectivity index is 1.80. The molecule has 1 amide bonds. The second kappa shape index (κ2) is 8.03. The molecule has 0 aromatic heterocycles. The number of likely N-dealkylation sites (N-methyl/N-ethyl adjacent to an activating group) is 1. The largest absolute Gasteiger partial charge is 0.378 e. The van der Waals surface area contributed by atoms with Crippen LogP contribution in [0.25, 0.3) is 0 Å². The zero-order chi connectivity index (χ0) is 15.2. The molecule has 21 heavy (non-hydrogen) atoms. The molecule has 1 N–H and O–H groups in total. The Morgan fingerprint density at radius 2 is 2.14 bits per heavy atom. The van der Waals surface area contributed by atoms with Gasteiger partial charge in [0.15, 0.2) is 0 Å². The minimum Gasteiger partial charge on any atom is -0.378 e. The Morgan fingerprint density at radius 1 is 1.43 bits per heavy atom. The predicted octanol–water partition coefficient (Wildman–Crippen LogP) is 2.27. The van der Waals surface area contributed by atoms with Crippen molar-refractivity contribution in [1.82, 2.24) is 10.2 Å². The molecule has 116 valence electrons. The third kappa shape index (κ3) is 4.88. The van der Waals surface area contributed by atoms with Gasteiger partial charge in [-0.3, -0.25) is 9.69 Å². The van der Waals surface area contributed by atoms with Gasteiger partial charge in [0.2, 0.25) is 5.91 Å². The molecule has 0 bridgehead atoms. The standard InChI is InChI=1S/C15H21ClN2O2S/c1-3-18-8-13(14(9-18)20-2)17-15(19)10-21-12-6-4-11(16)5-7-12/h4-7,13-14H,3,8-10H2,1-2H3,(H,17,19)/t13-,14-/m0/s1. The van der Waals surface area contributed by atoms with Crippen molar-refractivity contribution in [3.05, 3.63) is 29.3 Å². The van der Waals surface area contributed by atoms with Crippen molar-refractivity contribution in [2.45, 2.75) is 24.0 Å². The summed E-state index contributed by atoms with van der Waals surface area (Å²) in [6, 6.07) is 7.59. The molecule has 1 fully saturated rings. The summed E-state index contributed by atoms with van der Waals surface area (Å²) in [6.45, 7) is 4.83. The fourth-order valence-corrected chi connectivity index (χ4v) is 3.25. The fraction of sp³-hybridized carbons (Fsp3) is 0.533. The lowest BCUT2D eigenvalue weighted by Gasteiger charge is -2.18. The molecule has 0 aliphatic carbocycles. The van der Waals surface area contributed by atoms with Crippen molar-refractivity contribution in [2.24, 2.45) is 0 Å². The summed E-state index contributed by atoms with van der Waals surface area (Å²) in [6.07, 6.45) is 0.0782. The monoisotopic (exact) mass is 328 g/mol. The number of hydrogen-bond acceptors (Lipinski definition) is 4. The summed E-state index contributed by atoms with van der Waals surface area (Å²) in [5, 5.41) is 3.78. The molecule has 0 saturated carbocycles. The summed E-state index contributed by atoms with van der Waals surface area (Å²) in [7, 11) is 1.70. The van der Waals surface area contributed by atoms with Crippen LogP contribution in [0.5, 0.6) is 0 Å². The first-order valence-electron chi connectivity index (χ1n) is 7.05. The highest BCUT2D eigenvalue weighted by Crippen LogP contribution is 2.20. The van der Waals surface area contributed by atoms with E-state index in [9.17, 15) is 4.79 Å². The van der Waals surface area contributed by atoms with E-state index >= 15 is 0 Å². The first kappa shape index (κ1) is 16.6. The fourth-order valence-electron chi connectivity index (χ4n) is 2.42. The number of methoxy groups -OCH3 is 1. The Labute approximate surface area is 135 Å². The summed E-state index contributed by atoms with van der Waals surface area (Å²) in [5.74, 6) is 0.445. The van der Waals surface area contributed by atoms with Crippen molar-refractivity contribution in [2.75, 3.05) is 32.5 Å². The van der Waals surface area contributed by atoms with Crippen LogP contribution < -0.4 is 5.32 Å². The lowest BCUT2D eigenvalue weighted by atomic mass is 10.2. The number of nitrogens with one attached hydrogen (secondary N) is 1. The van der Waals surface area contributed by atoms with Crippen LogP contribution in [0.3, 0.4) is 0 Å². The third-order valence-electron chi connectivity index (χ3n) is 3.62. The van der Waals surface area contributed by atoms with Crippen LogP contribution in [0.4, 0.5) is 0 Å². The number of likely N-dealkylation sites (tertiary alicyclic amines) is 1.